The van der Waals surface area contributed by atoms with Gasteiger partial charge < -0.3 is 9.80 Å². The number of likely N-dealkylation sites (N-methyl/N-ethyl adjacent to an activating group) is 1. The zero-order valence-corrected chi connectivity index (χ0v) is 19.9. The van der Waals surface area contributed by atoms with Crippen LogP contribution in [0.5, 0.6) is 0 Å². The van der Waals surface area contributed by atoms with Crippen molar-refractivity contribution in [1.29, 1.82) is 0 Å². The number of benzene rings is 1. The molecule has 0 atom stereocenters. The molecule has 0 saturated carbocycles. The van der Waals surface area contributed by atoms with Crippen LogP contribution in [0.3, 0.4) is 0 Å². The molecule has 0 aliphatic carbocycles. The summed E-state index contributed by atoms with van der Waals surface area (Å²) in [5.41, 5.74) is 2.14. The van der Waals surface area contributed by atoms with E-state index < -0.39 is 0 Å². The topological polar surface area (TPSA) is 61.7 Å². The summed E-state index contributed by atoms with van der Waals surface area (Å²) in [4.78, 5) is 33.3. The van der Waals surface area contributed by atoms with Crippen molar-refractivity contribution in [2.24, 2.45) is 0 Å². The Morgan fingerprint density at radius 1 is 1.06 bits per heavy atom. The fraction of sp³-hybridized carbons (Fsp3) is 0.458. The van der Waals surface area contributed by atoms with Crippen LogP contribution in [0.1, 0.15) is 34.8 Å². The van der Waals surface area contributed by atoms with Gasteiger partial charge in [0.1, 0.15) is 4.83 Å². The molecule has 8 heteroatoms. The second-order valence-electron chi connectivity index (χ2n) is 8.19. The van der Waals surface area contributed by atoms with E-state index in [1.54, 1.807) is 0 Å². The predicted octanol–water partition coefficient (Wildman–Crippen LogP) is 3.08. The van der Waals surface area contributed by atoms with Gasteiger partial charge in [-0.05, 0) is 32.4 Å². The summed E-state index contributed by atoms with van der Waals surface area (Å²) in [6.07, 6.45) is 0. The van der Waals surface area contributed by atoms with Crippen molar-refractivity contribution in [3.8, 4) is 0 Å². The van der Waals surface area contributed by atoms with Crippen LogP contribution < -0.4 is 0 Å². The van der Waals surface area contributed by atoms with Crippen LogP contribution in [0.15, 0.2) is 36.4 Å². The molecule has 0 unspecified atom stereocenters. The molecule has 2 amide bonds. The Labute approximate surface area is 193 Å². The van der Waals surface area contributed by atoms with E-state index in [1.165, 1.54) is 16.9 Å². The number of hydrogen-bond donors (Lipinski definition) is 0. The van der Waals surface area contributed by atoms with E-state index >= 15 is 0 Å². The first kappa shape index (κ1) is 22.5. The van der Waals surface area contributed by atoms with Crippen LogP contribution in [-0.4, -0.2) is 82.1 Å². The molecule has 0 bridgehead atoms. The number of fused-ring (bicyclic) bond motifs is 1. The standard InChI is InChI=1S/C24H31N5O2S/c1-4-27(5-2)22(30)17-26-11-13-28(14-12-26)23(31)21-15-20-18(3)25-29(24(20)32-21)16-19-9-7-6-8-10-19/h6-10,15H,4-5,11-14,16-17H2,1-3H3. The van der Waals surface area contributed by atoms with E-state index in [9.17, 15) is 9.59 Å². The van der Waals surface area contributed by atoms with Crippen LogP contribution in [0, 0.1) is 6.92 Å². The highest BCUT2D eigenvalue weighted by Crippen LogP contribution is 2.30. The average molecular weight is 454 g/mol. The number of nitrogens with zero attached hydrogens (tertiary/aromatic N) is 5. The van der Waals surface area contributed by atoms with E-state index in [2.05, 4.69) is 22.1 Å². The molecule has 0 radical (unpaired) electrons. The van der Waals surface area contributed by atoms with Crippen LogP contribution in [0.4, 0.5) is 0 Å². The Morgan fingerprint density at radius 2 is 1.75 bits per heavy atom. The van der Waals surface area contributed by atoms with Gasteiger partial charge in [-0.1, -0.05) is 30.3 Å². The van der Waals surface area contributed by atoms with Gasteiger partial charge in [-0.15, -0.1) is 11.3 Å². The molecule has 0 N–H and O–H groups in total. The zero-order chi connectivity index (χ0) is 22.7. The molecule has 3 heterocycles. The van der Waals surface area contributed by atoms with Crippen molar-refractivity contribution in [3.63, 3.8) is 0 Å². The number of aromatic nitrogens is 2. The minimum Gasteiger partial charge on any atom is -0.342 e. The second kappa shape index (κ2) is 9.83. The average Bonchev–Trinajstić information content (AvgIpc) is 3.36. The first-order chi connectivity index (χ1) is 15.5. The van der Waals surface area contributed by atoms with E-state index in [1.807, 2.05) is 59.5 Å². The van der Waals surface area contributed by atoms with Gasteiger partial charge >= 0.3 is 0 Å². The number of piperazine rings is 1. The molecule has 4 rings (SSSR count). The number of aryl methyl sites for hydroxylation is 1. The molecule has 1 aromatic carbocycles. The molecule has 1 saturated heterocycles. The molecule has 32 heavy (non-hydrogen) atoms. The third-order valence-electron chi connectivity index (χ3n) is 6.13. The minimum atomic E-state index is 0.0755. The van der Waals surface area contributed by atoms with Crippen molar-refractivity contribution < 1.29 is 9.59 Å². The van der Waals surface area contributed by atoms with Crippen molar-refractivity contribution in [3.05, 3.63) is 52.5 Å². The van der Waals surface area contributed by atoms with Gasteiger partial charge in [0.2, 0.25) is 5.91 Å². The summed E-state index contributed by atoms with van der Waals surface area (Å²) in [6.45, 7) is 11.3. The number of carbonyl (C=O) groups is 2. The van der Waals surface area contributed by atoms with Crippen molar-refractivity contribution in [2.45, 2.75) is 27.3 Å². The highest BCUT2D eigenvalue weighted by molar-refractivity contribution is 7.20. The van der Waals surface area contributed by atoms with Crippen LogP contribution in [0.25, 0.3) is 10.2 Å². The highest BCUT2D eigenvalue weighted by atomic mass is 32.1. The summed E-state index contributed by atoms with van der Waals surface area (Å²) in [7, 11) is 0. The maximum atomic E-state index is 13.2. The second-order valence-corrected chi connectivity index (χ2v) is 9.22. The maximum Gasteiger partial charge on any atom is 0.264 e. The Bertz CT molecular complexity index is 1080. The molecule has 170 valence electrons. The number of carbonyl (C=O) groups excluding carboxylic acids is 2. The van der Waals surface area contributed by atoms with Gasteiger partial charge in [-0.2, -0.15) is 5.10 Å². The lowest BCUT2D eigenvalue weighted by atomic mass is 10.2. The highest BCUT2D eigenvalue weighted by Gasteiger charge is 2.26. The van der Waals surface area contributed by atoms with Crippen LogP contribution in [0.2, 0.25) is 0 Å². The van der Waals surface area contributed by atoms with Crippen molar-refractivity contribution in [2.75, 3.05) is 45.8 Å². The SMILES string of the molecule is CCN(CC)C(=O)CN1CCN(C(=O)c2cc3c(C)nn(Cc4ccccc4)c3s2)CC1. The molecule has 1 aliphatic rings. The van der Waals surface area contributed by atoms with Gasteiger partial charge in [-0.3, -0.25) is 19.2 Å². The van der Waals surface area contributed by atoms with Crippen LogP contribution in [-0.2, 0) is 11.3 Å². The van der Waals surface area contributed by atoms with Crippen molar-refractivity contribution in [1.82, 2.24) is 24.5 Å². The minimum absolute atomic E-state index is 0.0755. The van der Waals surface area contributed by atoms with Crippen molar-refractivity contribution >= 4 is 33.4 Å². The Kier molecular flexibility index (Phi) is 6.91. The Balaban J connectivity index is 1.41. The van der Waals surface area contributed by atoms with Gasteiger partial charge in [-0.25, -0.2) is 0 Å². The van der Waals surface area contributed by atoms with Crippen LogP contribution >= 0.6 is 11.3 Å². The maximum absolute atomic E-state index is 13.2. The number of thiophene rings is 1. The quantitative estimate of drug-likeness (QED) is 0.552. The number of hydrogen-bond acceptors (Lipinski definition) is 5. The summed E-state index contributed by atoms with van der Waals surface area (Å²) in [5.74, 6) is 0.240. The van der Waals surface area contributed by atoms with Gasteiger partial charge in [0.05, 0.1) is 23.7 Å². The van der Waals surface area contributed by atoms with E-state index in [-0.39, 0.29) is 11.8 Å². The molecule has 3 aromatic rings. The number of amides is 2. The first-order valence-electron chi connectivity index (χ1n) is 11.3. The third kappa shape index (κ3) is 4.71. The van der Waals surface area contributed by atoms with E-state index in [0.717, 1.165) is 47.0 Å². The van der Waals surface area contributed by atoms with E-state index in [0.29, 0.717) is 26.2 Å². The molecular weight excluding hydrogens is 422 g/mol. The Hall–Kier alpha value is -2.71. The third-order valence-corrected chi connectivity index (χ3v) is 7.26. The van der Waals surface area contributed by atoms with Gasteiger partial charge in [0.15, 0.2) is 0 Å². The lowest BCUT2D eigenvalue weighted by Gasteiger charge is -2.35. The summed E-state index contributed by atoms with van der Waals surface area (Å²) < 4.78 is 2.00. The molecular formula is C24H31N5O2S. The van der Waals surface area contributed by atoms with Gasteiger partial charge in [0.25, 0.3) is 5.91 Å². The lowest BCUT2D eigenvalue weighted by molar-refractivity contribution is -0.132. The summed E-state index contributed by atoms with van der Waals surface area (Å²) in [6, 6.07) is 12.2. The smallest absolute Gasteiger partial charge is 0.264 e. The molecule has 1 aliphatic heterocycles. The molecule has 7 nitrogen and oxygen atoms in total. The van der Waals surface area contributed by atoms with E-state index in [4.69, 9.17) is 0 Å². The molecule has 2 aromatic heterocycles. The largest absolute Gasteiger partial charge is 0.342 e. The molecule has 0 spiro atoms. The lowest BCUT2D eigenvalue weighted by Crippen LogP contribution is -2.51. The first-order valence-corrected chi connectivity index (χ1v) is 12.1. The summed E-state index contributed by atoms with van der Waals surface area (Å²) >= 11 is 1.52. The Morgan fingerprint density at radius 3 is 2.41 bits per heavy atom. The zero-order valence-electron chi connectivity index (χ0n) is 19.1. The van der Waals surface area contributed by atoms with Gasteiger partial charge in [0, 0.05) is 44.7 Å². The monoisotopic (exact) mass is 453 g/mol. The summed E-state index contributed by atoms with van der Waals surface area (Å²) in [5, 5.41) is 5.74. The number of rotatable bonds is 7. The predicted molar refractivity (Wildman–Crippen MR) is 128 cm³/mol. The normalized spacial score (nSPS) is 14.8. The molecule has 1 fully saturated rings. The fourth-order valence-corrected chi connectivity index (χ4v) is 5.34. The fourth-order valence-electron chi connectivity index (χ4n) is 4.21.